The summed E-state index contributed by atoms with van der Waals surface area (Å²) in [6.07, 6.45) is -3.15. The summed E-state index contributed by atoms with van der Waals surface area (Å²) in [7, 11) is 0. The van der Waals surface area contributed by atoms with Crippen molar-refractivity contribution in [1.82, 2.24) is 0 Å². The summed E-state index contributed by atoms with van der Waals surface area (Å²) in [6.45, 7) is -1.43. The maximum Gasteiger partial charge on any atom is 0.422 e. The molecule has 0 saturated heterocycles. The van der Waals surface area contributed by atoms with Gasteiger partial charge >= 0.3 is 6.18 Å². The highest BCUT2D eigenvalue weighted by atomic mass is 35.5. The third-order valence-electron chi connectivity index (χ3n) is 1.48. The molecular formula is C9H5ClF3NO2. The lowest BCUT2D eigenvalue weighted by Crippen LogP contribution is -2.19. The third-order valence-corrected chi connectivity index (χ3v) is 1.78. The second kappa shape index (κ2) is 5.01. The third kappa shape index (κ3) is 3.92. The van der Waals surface area contributed by atoms with Crippen LogP contribution in [0, 0.1) is 0 Å². The Hall–Kier alpha value is -1.52. The second-order valence-electron chi connectivity index (χ2n) is 2.72. The highest BCUT2D eigenvalue weighted by molar-refractivity contribution is 6.32. The number of alkyl halides is 3. The van der Waals surface area contributed by atoms with Crippen LogP contribution in [0.1, 0.15) is 0 Å². The summed E-state index contributed by atoms with van der Waals surface area (Å²) in [5.74, 6) is -0.121. The van der Waals surface area contributed by atoms with Crippen molar-refractivity contribution in [2.24, 2.45) is 4.99 Å². The van der Waals surface area contributed by atoms with Crippen molar-refractivity contribution in [3.05, 3.63) is 23.2 Å². The van der Waals surface area contributed by atoms with Gasteiger partial charge in [0.25, 0.3) is 0 Å². The smallest absolute Gasteiger partial charge is 0.422 e. The van der Waals surface area contributed by atoms with E-state index >= 15 is 0 Å². The molecule has 0 radical (unpaired) electrons. The summed E-state index contributed by atoms with van der Waals surface area (Å²) in [6, 6.07) is 3.70. The minimum Gasteiger partial charge on any atom is -0.483 e. The number of hydrogen-bond acceptors (Lipinski definition) is 3. The van der Waals surface area contributed by atoms with E-state index in [0.29, 0.717) is 0 Å². The minimum atomic E-state index is -4.43. The molecule has 0 bridgehead atoms. The van der Waals surface area contributed by atoms with Crippen LogP contribution in [0.25, 0.3) is 0 Å². The summed E-state index contributed by atoms with van der Waals surface area (Å²) in [5, 5.41) is -0.0549. The number of nitrogens with zero attached hydrogens (tertiary/aromatic N) is 1. The minimum absolute atomic E-state index is 0.0549. The van der Waals surface area contributed by atoms with Crippen LogP contribution in [0.3, 0.4) is 0 Å². The number of rotatable bonds is 3. The first-order valence-electron chi connectivity index (χ1n) is 3.99. The van der Waals surface area contributed by atoms with Crippen molar-refractivity contribution in [1.29, 1.82) is 0 Å². The van der Waals surface area contributed by atoms with Gasteiger partial charge in [-0.15, -0.1) is 0 Å². The topological polar surface area (TPSA) is 38.7 Å². The van der Waals surface area contributed by atoms with E-state index in [4.69, 9.17) is 11.6 Å². The normalized spacial score (nSPS) is 10.8. The van der Waals surface area contributed by atoms with Crippen LogP contribution in [0.15, 0.2) is 23.2 Å². The fourth-order valence-electron chi connectivity index (χ4n) is 0.889. The van der Waals surface area contributed by atoms with Crippen molar-refractivity contribution in [3.8, 4) is 5.75 Å². The molecule has 1 aromatic carbocycles. The van der Waals surface area contributed by atoms with Crippen LogP contribution in [0.4, 0.5) is 18.9 Å². The van der Waals surface area contributed by atoms with Gasteiger partial charge in [0, 0.05) is 0 Å². The number of benzene rings is 1. The Morgan fingerprint density at radius 1 is 1.44 bits per heavy atom. The van der Waals surface area contributed by atoms with Crippen LogP contribution in [0.2, 0.25) is 5.02 Å². The maximum absolute atomic E-state index is 11.8. The monoisotopic (exact) mass is 251 g/mol. The van der Waals surface area contributed by atoms with E-state index in [9.17, 15) is 18.0 Å². The Labute approximate surface area is 93.5 Å². The Balaban J connectivity index is 2.79. The van der Waals surface area contributed by atoms with Gasteiger partial charge < -0.3 is 4.74 Å². The predicted molar refractivity (Wildman–Crippen MR) is 50.8 cm³/mol. The molecular weight excluding hydrogens is 247 g/mol. The Kier molecular flexibility index (Phi) is 3.93. The zero-order valence-electron chi connectivity index (χ0n) is 7.71. The molecule has 0 N–H and O–H groups in total. The molecule has 0 unspecified atom stereocenters. The molecule has 0 amide bonds. The largest absolute Gasteiger partial charge is 0.483 e. The van der Waals surface area contributed by atoms with Gasteiger partial charge in [0.1, 0.15) is 5.75 Å². The van der Waals surface area contributed by atoms with Crippen molar-refractivity contribution in [3.63, 3.8) is 0 Å². The van der Waals surface area contributed by atoms with Crippen molar-refractivity contribution in [2.45, 2.75) is 6.18 Å². The van der Waals surface area contributed by atoms with Gasteiger partial charge in [0.15, 0.2) is 6.61 Å². The Bertz CT molecular complexity index is 427. The number of aliphatic imine (C=N–C) groups is 1. The lowest BCUT2D eigenvalue weighted by molar-refractivity contribution is -0.153. The standard InChI is InChI=1S/C9H5ClF3NO2/c10-7-3-6(14-5-15)1-2-8(7)16-4-9(11,12)13/h1-3H,4H2. The molecule has 0 aliphatic carbocycles. The van der Waals surface area contributed by atoms with Gasteiger partial charge in [-0.1, -0.05) is 11.6 Å². The molecule has 16 heavy (non-hydrogen) atoms. The molecule has 86 valence electrons. The second-order valence-corrected chi connectivity index (χ2v) is 3.13. The van der Waals surface area contributed by atoms with Gasteiger partial charge in [-0.25, -0.2) is 4.79 Å². The van der Waals surface area contributed by atoms with Gasteiger partial charge in [-0.3, -0.25) is 0 Å². The Morgan fingerprint density at radius 2 is 2.12 bits per heavy atom. The molecule has 0 fully saturated rings. The van der Waals surface area contributed by atoms with E-state index < -0.39 is 12.8 Å². The first-order chi connectivity index (χ1) is 7.42. The highest BCUT2D eigenvalue weighted by Gasteiger charge is 2.28. The summed E-state index contributed by atoms with van der Waals surface area (Å²) < 4.78 is 39.9. The van der Waals surface area contributed by atoms with Crippen molar-refractivity contribution in [2.75, 3.05) is 6.61 Å². The van der Waals surface area contributed by atoms with Gasteiger partial charge in [-0.2, -0.15) is 18.2 Å². The number of hydrogen-bond donors (Lipinski definition) is 0. The SMILES string of the molecule is O=C=Nc1ccc(OCC(F)(F)F)c(Cl)c1. The predicted octanol–water partition coefficient (Wildman–Crippen LogP) is 3.25. The zero-order valence-corrected chi connectivity index (χ0v) is 8.47. The number of carbonyl (C=O) groups excluding carboxylic acids is 1. The van der Waals surface area contributed by atoms with Gasteiger partial charge in [-0.05, 0) is 18.2 Å². The van der Waals surface area contributed by atoms with Crippen molar-refractivity contribution >= 4 is 23.4 Å². The molecule has 7 heteroatoms. The van der Waals surface area contributed by atoms with E-state index in [1.54, 1.807) is 0 Å². The molecule has 0 saturated carbocycles. The molecule has 1 rings (SSSR count). The Morgan fingerprint density at radius 3 is 2.62 bits per heavy atom. The molecule has 1 aromatic rings. The van der Waals surface area contributed by atoms with Gasteiger partial charge in [0.05, 0.1) is 10.7 Å². The summed E-state index contributed by atoms with van der Waals surface area (Å²) >= 11 is 5.61. The zero-order chi connectivity index (χ0) is 12.2. The first kappa shape index (κ1) is 12.5. The maximum atomic E-state index is 11.8. The average Bonchev–Trinajstić information content (AvgIpc) is 2.15. The number of isocyanates is 1. The van der Waals surface area contributed by atoms with Crippen LogP contribution >= 0.6 is 11.6 Å². The lowest BCUT2D eigenvalue weighted by atomic mass is 10.3. The molecule has 0 aliphatic rings. The van der Waals surface area contributed by atoms with Crippen LogP contribution in [0.5, 0.6) is 5.75 Å². The fourth-order valence-corrected chi connectivity index (χ4v) is 1.12. The summed E-state index contributed by atoms with van der Waals surface area (Å²) in [4.78, 5) is 13.2. The fraction of sp³-hybridized carbons (Fsp3) is 0.222. The molecule has 0 atom stereocenters. The molecule has 3 nitrogen and oxygen atoms in total. The average molecular weight is 252 g/mol. The number of halogens is 4. The van der Waals surface area contributed by atoms with E-state index in [2.05, 4.69) is 9.73 Å². The van der Waals surface area contributed by atoms with Gasteiger partial charge in [0.2, 0.25) is 6.08 Å². The highest BCUT2D eigenvalue weighted by Crippen LogP contribution is 2.30. The van der Waals surface area contributed by atoms with E-state index in [1.807, 2.05) is 0 Å². The number of ether oxygens (including phenoxy) is 1. The molecule has 0 spiro atoms. The van der Waals surface area contributed by atoms with Crippen LogP contribution in [-0.4, -0.2) is 18.9 Å². The molecule has 0 heterocycles. The van der Waals surface area contributed by atoms with Crippen molar-refractivity contribution < 1.29 is 22.7 Å². The van der Waals surface area contributed by atoms with E-state index in [-0.39, 0.29) is 16.5 Å². The van der Waals surface area contributed by atoms with Crippen LogP contribution < -0.4 is 4.74 Å². The summed E-state index contributed by atoms with van der Waals surface area (Å²) in [5.41, 5.74) is 0.194. The van der Waals surface area contributed by atoms with E-state index in [0.717, 1.165) is 0 Å². The molecule has 0 aliphatic heterocycles. The van der Waals surface area contributed by atoms with E-state index in [1.165, 1.54) is 24.3 Å². The first-order valence-corrected chi connectivity index (χ1v) is 4.37. The molecule has 0 aromatic heterocycles. The van der Waals surface area contributed by atoms with Crippen LogP contribution in [-0.2, 0) is 4.79 Å². The quantitative estimate of drug-likeness (QED) is 0.611. The lowest BCUT2D eigenvalue weighted by Gasteiger charge is -2.10.